The van der Waals surface area contributed by atoms with E-state index in [2.05, 4.69) is 5.32 Å². The molecule has 2 N–H and O–H groups in total. The number of nitrogens with zero attached hydrogens (tertiary/aromatic N) is 1. The van der Waals surface area contributed by atoms with Crippen LogP contribution in [0.5, 0.6) is 0 Å². The number of ether oxygens (including phenoxy) is 1. The Morgan fingerprint density at radius 2 is 1.62 bits per heavy atom. The summed E-state index contributed by atoms with van der Waals surface area (Å²) in [5, 5.41) is 11.8. The molecule has 0 unspecified atom stereocenters. The number of esters is 1. The number of aryl methyl sites for hydroxylation is 1. The predicted molar refractivity (Wildman–Crippen MR) is 161 cm³/mol. The van der Waals surface area contributed by atoms with Gasteiger partial charge in [0.25, 0.3) is 11.8 Å². The Morgan fingerprint density at radius 3 is 2.24 bits per heavy atom. The third-order valence-corrected chi connectivity index (χ3v) is 7.14. The number of hydrogen-bond donors (Lipinski definition) is 2. The number of halogens is 3. The van der Waals surface area contributed by atoms with Crippen LogP contribution in [0, 0.1) is 0 Å². The highest BCUT2D eigenvalue weighted by Gasteiger charge is 2.30. The molecule has 0 radical (unpaired) electrons. The summed E-state index contributed by atoms with van der Waals surface area (Å²) >= 11 is 0. The largest absolute Gasteiger partial charge is 0.478 e. The minimum Gasteiger partial charge on any atom is -0.478 e. The van der Waals surface area contributed by atoms with Gasteiger partial charge in [-0.3, -0.25) is 14.4 Å². The second-order valence-corrected chi connectivity index (χ2v) is 10.6. The molecule has 0 fully saturated rings. The van der Waals surface area contributed by atoms with E-state index in [1.165, 1.54) is 29.2 Å². The molecule has 45 heavy (non-hydrogen) atoms. The van der Waals surface area contributed by atoms with Crippen LogP contribution in [0.3, 0.4) is 0 Å². The maximum absolute atomic E-state index is 13.4. The van der Waals surface area contributed by atoms with Crippen LogP contribution in [0.4, 0.5) is 18.9 Å². The van der Waals surface area contributed by atoms with Gasteiger partial charge in [-0.15, -0.1) is 0 Å². The highest BCUT2D eigenvalue weighted by molar-refractivity contribution is 6.11. The van der Waals surface area contributed by atoms with Crippen molar-refractivity contribution in [2.75, 3.05) is 19.4 Å². The summed E-state index contributed by atoms with van der Waals surface area (Å²) in [6.45, 7) is 0. The number of anilines is 1. The van der Waals surface area contributed by atoms with Crippen molar-refractivity contribution in [1.29, 1.82) is 0 Å². The molecule has 0 spiro atoms. The summed E-state index contributed by atoms with van der Waals surface area (Å²) in [5.41, 5.74) is 1.75. The van der Waals surface area contributed by atoms with E-state index < -0.39 is 29.6 Å². The van der Waals surface area contributed by atoms with E-state index in [0.717, 1.165) is 17.7 Å². The molecule has 2 amide bonds. The van der Waals surface area contributed by atoms with Gasteiger partial charge in [-0.25, -0.2) is 4.79 Å². The normalized spacial score (nSPS) is 12.9. The van der Waals surface area contributed by atoms with Crippen LogP contribution >= 0.6 is 0 Å². The maximum atomic E-state index is 13.4. The quantitative estimate of drug-likeness (QED) is 0.239. The molecule has 3 aromatic rings. The summed E-state index contributed by atoms with van der Waals surface area (Å²) in [6, 6.07) is 16.0. The highest BCUT2D eigenvalue weighted by Crippen LogP contribution is 2.32. The van der Waals surface area contributed by atoms with Crippen LogP contribution in [-0.2, 0) is 26.9 Å². The number of aliphatic carboxylic acids is 1. The average molecular weight is 621 g/mol. The summed E-state index contributed by atoms with van der Waals surface area (Å²) in [4.78, 5) is 51.2. The lowest BCUT2D eigenvalue weighted by molar-refractivity contribution is -0.140. The molecule has 0 aliphatic heterocycles. The number of nitrogens with one attached hydrogen (secondary N) is 1. The van der Waals surface area contributed by atoms with E-state index >= 15 is 0 Å². The summed E-state index contributed by atoms with van der Waals surface area (Å²) in [7, 11) is 3.15. The molecule has 11 heteroatoms. The lowest BCUT2D eigenvalue weighted by atomic mass is 9.97. The van der Waals surface area contributed by atoms with Crippen molar-refractivity contribution < 1.29 is 42.2 Å². The first kappa shape index (κ1) is 32.7. The van der Waals surface area contributed by atoms with Crippen molar-refractivity contribution in [2.24, 2.45) is 0 Å². The van der Waals surface area contributed by atoms with Crippen molar-refractivity contribution in [3.63, 3.8) is 0 Å². The lowest BCUT2D eigenvalue weighted by Crippen LogP contribution is -2.24. The molecule has 0 atom stereocenters. The minimum atomic E-state index is -4.49. The van der Waals surface area contributed by atoms with Crippen LogP contribution in [-0.4, -0.2) is 47.9 Å². The number of hydrogen-bond acceptors (Lipinski definition) is 5. The molecule has 0 aromatic heterocycles. The number of rotatable bonds is 10. The van der Waals surface area contributed by atoms with Gasteiger partial charge in [0.15, 0.2) is 0 Å². The van der Waals surface area contributed by atoms with Crippen LogP contribution in [0.25, 0.3) is 11.1 Å². The Labute approximate surface area is 257 Å². The molecule has 4 rings (SSSR count). The van der Waals surface area contributed by atoms with E-state index in [1.54, 1.807) is 56.6 Å². The second kappa shape index (κ2) is 14.1. The Hall–Kier alpha value is -5.19. The first-order chi connectivity index (χ1) is 21.3. The van der Waals surface area contributed by atoms with E-state index in [-0.39, 0.29) is 41.1 Å². The smallest absolute Gasteiger partial charge is 0.416 e. The molecule has 0 saturated heterocycles. The van der Waals surface area contributed by atoms with E-state index in [0.29, 0.717) is 36.1 Å². The van der Waals surface area contributed by atoms with Gasteiger partial charge in [0.1, 0.15) is 5.76 Å². The predicted octanol–water partition coefficient (Wildman–Crippen LogP) is 6.88. The molecular weight excluding hydrogens is 589 g/mol. The molecule has 3 aromatic carbocycles. The zero-order valence-electron chi connectivity index (χ0n) is 24.6. The zero-order valence-corrected chi connectivity index (χ0v) is 24.6. The van der Waals surface area contributed by atoms with Crippen molar-refractivity contribution >= 4 is 29.4 Å². The first-order valence-electron chi connectivity index (χ1n) is 14.1. The number of carbonyl (C=O) groups is 4. The molecular formula is C34H31F3N2O6. The van der Waals surface area contributed by atoms with Crippen LogP contribution < -0.4 is 5.32 Å². The Kier molecular flexibility index (Phi) is 10.2. The zero-order chi connectivity index (χ0) is 32.7. The highest BCUT2D eigenvalue weighted by atomic mass is 19.4. The number of carboxylic acid groups (broad SMARTS) is 1. The fourth-order valence-corrected chi connectivity index (χ4v) is 4.75. The Morgan fingerprint density at radius 1 is 0.911 bits per heavy atom. The fraction of sp³-hybridized carbons (Fsp3) is 0.235. The van der Waals surface area contributed by atoms with Gasteiger partial charge in [0.05, 0.1) is 16.8 Å². The monoisotopic (exact) mass is 620 g/mol. The van der Waals surface area contributed by atoms with Crippen LogP contribution in [0.1, 0.15) is 57.5 Å². The Balaban J connectivity index is 1.46. The van der Waals surface area contributed by atoms with Gasteiger partial charge in [-0.05, 0) is 78.4 Å². The lowest BCUT2D eigenvalue weighted by Gasteiger charge is -2.17. The maximum Gasteiger partial charge on any atom is 0.416 e. The van der Waals surface area contributed by atoms with Crippen molar-refractivity contribution in [3.05, 3.63) is 112 Å². The summed E-state index contributed by atoms with van der Waals surface area (Å²) in [5.74, 6) is -1.95. The number of allylic oxidation sites excluding steroid dienone is 3. The second-order valence-electron chi connectivity index (χ2n) is 10.6. The van der Waals surface area contributed by atoms with Gasteiger partial charge >= 0.3 is 18.1 Å². The van der Waals surface area contributed by atoms with Gasteiger partial charge < -0.3 is 20.1 Å². The molecule has 234 valence electrons. The standard InChI is InChI=1S/C34H31F3N2O6/c1-39(2)32(42)28-20-21(6-5-9-30(40)45-25-17-13-23(14-18-25)33(43)44)10-19-29(28)38-31(41)27-8-4-3-7-26(27)22-11-15-24(16-12-22)34(35,36)37/h3-4,7-8,10-13,15-17,19-20H,5-6,9,14,18H2,1-2H3,(H,38,41)(H,43,44). The van der Waals surface area contributed by atoms with E-state index in [4.69, 9.17) is 9.84 Å². The third-order valence-electron chi connectivity index (χ3n) is 7.14. The first-order valence-corrected chi connectivity index (χ1v) is 14.1. The molecule has 0 saturated carbocycles. The summed E-state index contributed by atoms with van der Waals surface area (Å²) < 4.78 is 44.5. The SMILES string of the molecule is CN(C)C(=O)c1cc(CCCC(=O)OC2=CC=C(C(=O)O)CC2)ccc1NC(=O)c1ccccc1-c1ccc(C(F)(F)F)cc1. The number of benzene rings is 3. The fourth-order valence-electron chi connectivity index (χ4n) is 4.75. The minimum absolute atomic E-state index is 0.100. The Bertz CT molecular complexity index is 1670. The molecule has 0 heterocycles. The molecule has 1 aliphatic carbocycles. The molecule has 0 bridgehead atoms. The van der Waals surface area contributed by atoms with E-state index in [9.17, 15) is 32.3 Å². The number of carbonyl (C=O) groups excluding carboxylic acids is 3. The van der Waals surface area contributed by atoms with Crippen molar-refractivity contribution in [3.8, 4) is 11.1 Å². The average Bonchev–Trinajstić information content (AvgIpc) is 3.01. The molecule has 8 nitrogen and oxygen atoms in total. The van der Waals surface area contributed by atoms with Crippen molar-refractivity contribution in [2.45, 2.75) is 38.3 Å². The number of carboxylic acids is 1. The molecule has 1 aliphatic rings. The van der Waals surface area contributed by atoms with Crippen LogP contribution in [0.15, 0.2) is 90.2 Å². The van der Waals surface area contributed by atoms with Crippen molar-refractivity contribution in [1.82, 2.24) is 4.90 Å². The van der Waals surface area contributed by atoms with Gasteiger partial charge in [0, 0.05) is 38.1 Å². The summed E-state index contributed by atoms with van der Waals surface area (Å²) in [6.07, 6.45) is -0.0176. The topological polar surface area (TPSA) is 113 Å². The third kappa shape index (κ3) is 8.47. The van der Waals surface area contributed by atoms with E-state index in [1.807, 2.05) is 0 Å². The van der Waals surface area contributed by atoms with Gasteiger partial charge in [0.2, 0.25) is 0 Å². The van der Waals surface area contributed by atoms with Gasteiger partial charge in [-0.1, -0.05) is 36.4 Å². The number of amides is 2. The van der Waals surface area contributed by atoms with Gasteiger partial charge in [-0.2, -0.15) is 13.2 Å². The number of alkyl halides is 3. The van der Waals surface area contributed by atoms with Crippen LogP contribution in [0.2, 0.25) is 0 Å².